The Balaban J connectivity index is 2.36. The summed E-state index contributed by atoms with van der Waals surface area (Å²) < 4.78 is 0. The zero-order valence-corrected chi connectivity index (χ0v) is 15.0. The first-order valence-corrected chi connectivity index (χ1v) is 8.41. The number of nitrogens with one attached hydrogen (secondary N) is 2. The van der Waals surface area contributed by atoms with Gasteiger partial charge in [0.25, 0.3) is 17.3 Å². The van der Waals surface area contributed by atoms with Crippen molar-refractivity contribution in [3.05, 3.63) is 79.9 Å². The highest BCUT2D eigenvalue weighted by molar-refractivity contribution is 5.98. The van der Waals surface area contributed by atoms with Crippen molar-refractivity contribution in [3.63, 3.8) is 0 Å². The van der Waals surface area contributed by atoms with Crippen LogP contribution < -0.4 is 10.6 Å². The van der Waals surface area contributed by atoms with Gasteiger partial charge in [-0.3, -0.25) is 29.8 Å². The van der Waals surface area contributed by atoms with Crippen LogP contribution in [0.1, 0.15) is 35.3 Å². The molecule has 0 spiro atoms. The van der Waals surface area contributed by atoms with Crippen LogP contribution in [0.2, 0.25) is 0 Å². The number of carbonyl (C=O) groups is 2. The molecule has 0 aliphatic carbocycles. The van der Waals surface area contributed by atoms with Crippen LogP contribution in [0.15, 0.2) is 48.5 Å². The fraction of sp³-hybridized carbons (Fsp3) is 0.222. The summed E-state index contributed by atoms with van der Waals surface area (Å²) in [5.74, 6) is -1.30. The van der Waals surface area contributed by atoms with Crippen molar-refractivity contribution in [2.24, 2.45) is 0 Å². The van der Waals surface area contributed by atoms with Crippen molar-refractivity contribution in [2.75, 3.05) is 6.54 Å². The van der Waals surface area contributed by atoms with E-state index in [0.29, 0.717) is 18.5 Å². The number of hydrogen-bond donors (Lipinski definition) is 2. The lowest BCUT2D eigenvalue weighted by Crippen LogP contribution is -2.40. The van der Waals surface area contributed by atoms with Gasteiger partial charge in [0, 0.05) is 18.7 Å². The van der Waals surface area contributed by atoms with Gasteiger partial charge in [-0.05, 0) is 12.0 Å². The minimum absolute atomic E-state index is 0.287. The number of hydrogen-bond acceptors (Lipinski definition) is 6. The molecule has 0 heterocycles. The van der Waals surface area contributed by atoms with E-state index in [0.717, 1.165) is 18.2 Å². The third-order valence-corrected chi connectivity index (χ3v) is 3.81. The maximum absolute atomic E-state index is 12.6. The molecule has 2 rings (SSSR count). The highest BCUT2D eigenvalue weighted by atomic mass is 16.6. The van der Waals surface area contributed by atoms with Crippen molar-refractivity contribution in [1.82, 2.24) is 10.6 Å². The summed E-state index contributed by atoms with van der Waals surface area (Å²) in [4.78, 5) is 45.5. The SMILES string of the molecule is CCCNC(=O)C(NC(=O)c1cc([N+](=O)[O-])cc([N+](=O)[O-])c1)c1ccccc1. The van der Waals surface area contributed by atoms with Crippen molar-refractivity contribution >= 4 is 23.2 Å². The second-order valence-electron chi connectivity index (χ2n) is 5.86. The summed E-state index contributed by atoms with van der Waals surface area (Å²) in [5.41, 5.74) is -0.966. The van der Waals surface area contributed by atoms with Gasteiger partial charge in [-0.2, -0.15) is 0 Å². The molecule has 28 heavy (non-hydrogen) atoms. The van der Waals surface area contributed by atoms with E-state index in [1.165, 1.54) is 0 Å². The average molecular weight is 386 g/mol. The highest BCUT2D eigenvalue weighted by Gasteiger charge is 2.25. The molecule has 0 aliphatic heterocycles. The van der Waals surface area contributed by atoms with Gasteiger partial charge in [-0.15, -0.1) is 0 Å². The van der Waals surface area contributed by atoms with Crippen LogP contribution in [-0.2, 0) is 4.79 Å². The lowest BCUT2D eigenvalue weighted by Gasteiger charge is -2.19. The normalized spacial score (nSPS) is 11.3. The second-order valence-corrected chi connectivity index (χ2v) is 5.86. The zero-order valence-electron chi connectivity index (χ0n) is 15.0. The Morgan fingerprint density at radius 2 is 1.57 bits per heavy atom. The summed E-state index contributed by atoms with van der Waals surface area (Å²) in [6.07, 6.45) is 0.693. The molecule has 0 saturated heterocycles. The number of amides is 2. The predicted molar refractivity (Wildman–Crippen MR) is 99.7 cm³/mol. The molecule has 0 aromatic heterocycles. The van der Waals surface area contributed by atoms with E-state index < -0.39 is 39.1 Å². The molecule has 0 aliphatic rings. The minimum Gasteiger partial charge on any atom is -0.354 e. The first kappa shape index (κ1) is 20.5. The predicted octanol–water partition coefficient (Wildman–Crippen LogP) is 2.50. The summed E-state index contributed by atoms with van der Waals surface area (Å²) in [5, 5.41) is 27.2. The Hall–Kier alpha value is -3.82. The maximum atomic E-state index is 12.6. The van der Waals surface area contributed by atoms with Gasteiger partial charge in [0.05, 0.1) is 21.5 Å². The zero-order chi connectivity index (χ0) is 20.7. The van der Waals surface area contributed by atoms with E-state index in [-0.39, 0.29) is 5.56 Å². The molecule has 10 nitrogen and oxygen atoms in total. The fourth-order valence-corrected chi connectivity index (χ4v) is 2.45. The third kappa shape index (κ3) is 5.10. The standard InChI is InChI=1S/C18H18N4O6/c1-2-8-19-18(24)16(12-6-4-3-5-7-12)20-17(23)13-9-14(21(25)26)11-15(10-13)22(27)28/h3-7,9-11,16H,2,8H2,1H3,(H,19,24)(H,20,23). The van der Waals surface area contributed by atoms with Gasteiger partial charge in [-0.25, -0.2) is 0 Å². The second kappa shape index (κ2) is 9.21. The van der Waals surface area contributed by atoms with E-state index in [4.69, 9.17) is 0 Å². The summed E-state index contributed by atoms with van der Waals surface area (Å²) in [6.45, 7) is 2.28. The van der Waals surface area contributed by atoms with Crippen LogP contribution in [0.4, 0.5) is 11.4 Å². The molecule has 0 radical (unpaired) electrons. The molecule has 0 bridgehead atoms. The van der Waals surface area contributed by atoms with Crippen LogP contribution in [-0.4, -0.2) is 28.2 Å². The average Bonchev–Trinajstić information content (AvgIpc) is 2.70. The van der Waals surface area contributed by atoms with Gasteiger partial charge in [0.15, 0.2) is 0 Å². The monoisotopic (exact) mass is 386 g/mol. The number of carbonyl (C=O) groups excluding carboxylic acids is 2. The summed E-state index contributed by atoms with van der Waals surface area (Å²) in [7, 11) is 0. The number of nitrogens with zero attached hydrogens (tertiary/aromatic N) is 2. The van der Waals surface area contributed by atoms with Gasteiger partial charge >= 0.3 is 0 Å². The number of non-ortho nitro benzene ring substituents is 2. The lowest BCUT2D eigenvalue weighted by molar-refractivity contribution is -0.394. The first-order chi connectivity index (χ1) is 13.3. The van der Waals surface area contributed by atoms with E-state index in [1.807, 2.05) is 6.92 Å². The molecular weight excluding hydrogens is 368 g/mol. The highest BCUT2D eigenvalue weighted by Crippen LogP contribution is 2.23. The Morgan fingerprint density at radius 3 is 2.07 bits per heavy atom. The van der Waals surface area contributed by atoms with Gasteiger partial charge < -0.3 is 10.6 Å². The Morgan fingerprint density at radius 1 is 1.00 bits per heavy atom. The fourth-order valence-electron chi connectivity index (χ4n) is 2.45. The largest absolute Gasteiger partial charge is 0.354 e. The van der Waals surface area contributed by atoms with Crippen molar-refractivity contribution in [1.29, 1.82) is 0 Å². The molecule has 10 heteroatoms. The molecule has 2 amide bonds. The minimum atomic E-state index is -1.06. The van der Waals surface area contributed by atoms with Crippen molar-refractivity contribution < 1.29 is 19.4 Å². The molecule has 0 saturated carbocycles. The summed E-state index contributed by atoms with van der Waals surface area (Å²) >= 11 is 0. The van der Waals surface area contributed by atoms with Crippen molar-refractivity contribution in [2.45, 2.75) is 19.4 Å². The molecule has 1 unspecified atom stereocenters. The van der Waals surface area contributed by atoms with Crippen LogP contribution in [0, 0.1) is 20.2 Å². The molecular formula is C18H18N4O6. The Kier molecular flexibility index (Phi) is 6.74. The van der Waals surface area contributed by atoms with Gasteiger partial charge in [0.2, 0.25) is 5.91 Å². The van der Waals surface area contributed by atoms with Crippen LogP contribution >= 0.6 is 0 Å². The Labute approximate surface area is 159 Å². The molecule has 1 atom stereocenters. The topological polar surface area (TPSA) is 144 Å². The van der Waals surface area contributed by atoms with E-state index in [2.05, 4.69) is 10.6 Å². The number of rotatable bonds is 8. The molecule has 2 aromatic rings. The third-order valence-electron chi connectivity index (χ3n) is 3.81. The van der Waals surface area contributed by atoms with Crippen LogP contribution in [0.5, 0.6) is 0 Å². The molecule has 2 aromatic carbocycles. The van der Waals surface area contributed by atoms with Crippen LogP contribution in [0.3, 0.4) is 0 Å². The first-order valence-electron chi connectivity index (χ1n) is 8.41. The molecule has 0 fully saturated rings. The van der Waals surface area contributed by atoms with Gasteiger partial charge in [0.1, 0.15) is 6.04 Å². The summed E-state index contributed by atoms with van der Waals surface area (Å²) in [6, 6.07) is 9.98. The van der Waals surface area contributed by atoms with Gasteiger partial charge in [-0.1, -0.05) is 37.3 Å². The molecule has 146 valence electrons. The number of nitro benzene ring substituents is 2. The molecule has 2 N–H and O–H groups in total. The number of nitro groups is 2. The maximum Gasteiger partial charge on any atom is 0.277 e. The van der Waals surface area contributed by atoms with Crippen molar-refractivity contribution in [3.8, 4) is 0 Å². The smallest absolute Gasteiger partial charge is 0.277 e. The van der Waals surface area contributed by atoms with E-state index in [1.54, 1.807) is 30.3 Å². The van der Waals surface area contributed by atoms with E-state index >= 15 is 0 Å². The van der Waals surface area contributed by atoms with Crippen LogP contribution in [0.25, 0.3) is 0 Å². The lowest BCUT2D eigenvalue weighted by atomic mass is 10.0. The van der Waals surface area contributed by atoms with E-state index in [9.17, 15) is 29.8 Å². The quantitative estimate of drug-likeness (QED) is 0.527. The Bertz CT molecular complexity index is 868. The number of benzene rings is 2.